The third-order valence-corrected chi connectivity index (χ3v) is 4.27. The van der Waals surface area contributed by atoms with E-state index in [4.69, 9.17) is 0 Å². The van der Waals surface area contributed by atoms with Crippen LogP contribution in [0.2, 0.25) is 0 Å². The average molecular weight is 328 g/mol. The minimum absolute atomic E-state index is 0.0358. The summed E-state index contributed by atoms with van der Waals surface area (Å²) in [7, 11) is 1.61. The van der Waals surface area contributed by atoms with Gasteiger partial charge in [0.05, 0.1) is 6.42 Å². The molecule has 2 rings (SSSR count). The lowest BCUT2D eigenvalue weighted by molar-refractivity contribution is -0.119. The number of nitrogens with one attached hydrogen (secondary N) is 2. The highest BCUT2D eigenvalue weighted by atomic mass is 32.2. The van der Waals surface area contributed by atoms with Crippen LogP contribution in [0.4, 0.5) is 5.69 Å². The molecule has 2 aromatic rings. The maximum Gasteiger partial charge on any atom is 0.255 e. The summed E-state index contributed by atoms with van der Waals surface area (Å²) < 4.78 is 0. The van der Waals surface area contributed by atoms with Crippen LogP contribution in [0.15, 0.2) is 47.4 Å². The molecule has 0 atom stereocenters. The van der Waals surface area contributed by atoms with E-state index >= 15 is 0 Å². The van der Waals surface area contributed by atoms with Gasteiger partial charge in [0, 0.05) is 23.2 Å². The molecule has 2 N–H and O–H groups in total. The SMILES string of the molecule is CNC(=O)Cc1ccc(NC(=O)c2cc(SC)ccc2C)cc1. The van der Waals surface area contributed by atoms with Gasteiger partial charge >= 0.3 is 0 Å². The van der Waals surface area contributed by atoms with Crippen LogP contribution in [-0.2, 0) is 11.2 Å². The van der Waals surface area contributed by atoms with Crippen molar-refractivity contribution < 1.29 is 9.59 Å². The number of hydrogen-bond donors (Lipinski definition) is 2. The molecule has 2 aromatic carbocycles. The molecule has 4 nitrogen and oxygen atoms in total. The van der Waals surface area contributed by atoms with E-state index in [0.717, 1.165) is 16.0 Å². The van der Waals surface area contributed by atoms with Gasteiger partial charge in [-0.3, -0.25) is 9.59 Å². The van der Waals surface area contributed by atoms with Crippen LogP contribution in [0.3, 0.4) is 0 Å². The van der Waals surface area contributed by atoms with E-state index in [9.17, 15) is 9.59 Å². The first-order valence-corrected chi connectivity index (χ1v) is 8.51. The molecule has 0 spiro atoms. The van der Waals surface area contributed by atoms with Crippen LogP contribution in [-0.4, -0.2) is 25.1 Å². The van der Waals surface area contributed by atoms with E-state index in [0.29, 0.717) is 17.7 Å². The van der Waals surface area contributed by atoms with Gasteiger partial charge in [0.15, 0.2) is 0 Å². The highest BCUT2D eigenvalue weighted by molar-refractivity contribution is 7.98. The zero-order valence-corrected chi connectivity index (χ0v) is 14.3. The minimum atomic E-state index is -0.127. The van der Waals surface area contributed by atoms with Gasteiger partial charge in [0.1, 0.15) is 0 Å². The van der Waals surface area contributed by atoms with Gasteiger partial charge in [-0.1, -0.05) is 18.2 Å². The molecule has 5 heteroatoms. The molecule has 0 aromatic heterocycles. The van der Waals surface area contributed by atoms with E-state index in [-0.39, 0.29) is 11.8 Å². The van der Waals surface area contributed by atoms with Gasteiger partial charge in [0.25, 0.3) is 5.91 Å². The van der Waals surface area contributed by atoms with Crippen molar-refractivity contribution in [2.45, 2.75) is 18.2 Å². The van der Waals surface area contributed by atoms with Crippen molar-refractivity contribution in [1.82, 2.24) is 5.32 Å². The Morgan fingerprint density at radius 3 is 2.39 bits per heavy atom. The summed E-state index contributed by atoms with van der Waals surface area (Å²) >= 11 is 1.61. The molecule has 120 valence electrons. The molecule has 0 aliphatic rings. The summed E-state index contributed by atoms with van der Waals surface area (Å²) in [5.74, 6) is -0.163. The largest absolute Gasteiger partial charge is 0.359 e. The molecule has 0 unspecified atom stereocenters. The first kappa shape index (κ1) is 17.1. The van der Waals surface area contributed by atoms with Gasteiger partial charge < -0.3 is 10.6 Å². The van der Waals surface area contributed by atoms with Crippen molar-refractivity contribution in [2.24, 2.45) is 0 Å². The quantitative estimate of drug-likeness (QED) is 0.828. The molecule has 0 fully saturated rings. The molecule has 0 saturated carbocycles. The maximum atomic E-state index is 12.4. The zero-order valence-electron chi connectivity index (χ0n) is 13.5. The van der Waals surface area contributed by atoms with Gasteiger partial charge in [-0.15, -0.1) is 11.8 Å². The molecule has 0 radical (unpaired) electrons. The van der Waals surface area contributed by atoms with E-state index in [1.807, 2.05) is 55.6 Å². The van der Waals surface area contributed by atoms with E-state index in [1.54, 1.807) is 18.8 Å². The van der Waals surface area contributed by atoms with E-state index in [2.05, 4.69) is 10.6 Å². The summed E-state index contributed by atoms with van der Waals surface area (Å²) in [5.41, 5.74) is 3.23. The zero-order chi connectivity index (χ0) is 16.8. The topological polar surface area (TPSA) is 58.2 Å². The maximum absolute atomic E-state index is 12.4. The van der Waals surface area contributed by atoms with Crippen LogP contribution in [0.5, 0.6) is 0 Å². The molecule has 0 bridgehead atoms. The number of anilines is 1. The fourth-order valence-electron chi connectivity index (χ4n) is 2.15. The summed E-state index contributed by atoms with van der Waals surface area (Å²) in [4.78, 5) is 24.8. The second-order valence-electron chi connectivity index (χ2n) is 5.18. The lowest BCUT2D eigenvalue weighted by Crippen LogP contribution is -2.19. The highest BCUT2D eigenvalue weighted by Crippen LogP contribution is 2.20. The van der Waals surface area contributed by atoms with Crippen molar-refractivity contribution in [3.8, 4) is 0 Å². The number of carbonyl (C=O) groups excluding carboxylic acids is 2. The predicted octanol–water partition coefficient (Wildman–Crippen LogP) is 3.26. The van der Waals surface area contributed by atoms with E-state index in [1.165, 1.54) is 0 Å². The Labute approximate surface area is 140 Å². The number of rotatable bonds is 5. The molecule has 23 heavy (non-hydrogen) atoms. The second kappa shape index (κ2) is 7.83. The number of carbonyl (C=O) groups is 2. The van der Waals surface area contributed by atoms with E-state index < -0.39 is 0 Å². The fraction of sp³-hybridized carbons (Fsp3) is 0.222. The fourth-order valence-corrected chi connectivity index (χ4v) is 2.59. The monoisotopic (exact) mass is 328 g/mol. The summed E-state index contributed by atoms with van der Waals surface area (Å²) in [5, 5.41) is 5.48. The molecule has 0 aliphatic heterocycles. The molecular formula is C18H20N2O2S. The Balaban J connectivity index is 2.10. The summed E-state index contributed by atoms with van der Waals surface area (Å²) in [6.45, 7) is 1.92. The standard InChI is InChI=1S/C18H20N2O2S/c1-12-4-9-15(23-3)11-16(12)18(22)20-14-7-5-13(6-8-14)10-17(21)19-2/h4-9,11H,10H2,1-3H3,(H,19,21)(H,20,22). The lowest BCUT2D eigenvalue weighted by atomic mass is 10.1. The van der Waals surface area contributed by atoms with Crippen LogP contribution in [0.1, 0.15) is 21.5 Å². The van der Waals surface area contributed by atoms with Gasteiger partial charge in [-0.25, -0.2) is 0 Å². The van der Waals surface area contributed by atoms with Crippen LogP contribution >= 0.6 is 11.8 Å². The number of amides is 2. The molecule has 2 amide bonds. The van der Waals surface area contributed by atoms with Crippen LogP contribution in [0, 0.1) is 6.92 Å². The highest BCUT2D eigenvalue weighted by Gasteiger charge is 2.10. The Bertz CT molecular complexity index is 711. The lowest BCUT2D eigenvalue weighted by Gasteiger charge is -2.10. The predicted molar refractivity (Wildman–Crippen MR) is 95.1 cm³/mol. The molecule has 0 saturated heterocycles. The van der Waals surface area contributed by atoms with Crippen LogP contribution < -0.4 is 10.6 Å². The second-order valence-corrected chi connectivity index (χ2v) is 6.06. The van der Waals surface area contributed by atoms with Crippen molar-refractivity contribution >= 4 is 29.3 Å². The normalized spacial score (nSPS) is 10.2. The summed E-state index contributed by atoms with van der Waals surface area (Å²) in [6.07, 6.45) is 2.32. The smallest absolute Gasteiger partial charge is 0.255 e. The minimum Gasteiger partial charge on any atom is -0.359 e. The van der Waals surface area contributed by atoms with Gasteiger partial charge in [-0.05, 0) is 48.6 Å². The Morgan fingerprint density at radius 1 is 1.09 bits per heavy atom. The number of thioether (sulfide) groups is 1. The number of likely N-dealkylation sites (N-methyl/N-ethyl adjacent to an activating group) is 1. The first-order chi connectivity index (χ1) is 11.0. The number of hydrogen-bond acceptors (Lipinski definition) is 3. The third kappa shape index (κ3) is 4.60. The van der Waals surface area contributed by atoms with Crippen molar-refractivity contribution in [3.63, 3.8) is 0 Å². The Morgan fingerprint density at radius 2 is 1.78 bits per heavy atom. The summed E-state index contributed by atoms with van der Waals surface area (Å²) in [6, 6.07) is 13.2. The third-order valence-electron chi connectivity index (χ3n) is 3.54. The average Bonchev–Trinajstić information content (AvgIpc) is 2.56. The number of aryl methyl sites for hydroxylation is 1. The van der Waals surface area contributed by atoms with Crippen molar-refractivity contribution in [3.05, 3.63) is 59.2 Å². The molecular weight excluding hydrogens is 308 g/mol. The number of benzene rings is 2. The molecule has 0 aliphatic carbocycles. The van der Waals surface area contributed by atoms with Crippen molar-refractivity contribution in [1.29, 1.82) is 0 Å². The first-order valence-electron chi connectivity index (χ1n) is 7.29. The van der Waals surface area contributed by atoms with Gasteiger partial charge in [0.2, 0.25) is 5.91 Å². The Kier molecular flexibility index (Phi) is 5.82. The van der Waals surface area contributed by atoms with Gasteiger partial charge in [-0.2, -0.15) is 0 Å². The Hall–Kier alpha value is -2.27. The van der Waals surface area contributed by atoms with Crippen LogP contribution in [0.25, 0.3) is 0 Å². The van der Waals surface area contributed by atoms with Crippen molar-refractivity contribution in [2.75, 3.05) is 18.6 Å². The molecule has 0 heterocycles.